The lowest BCUT2D eigenvalue weighted by molar-refractivity contribution is -0.125. The largest absolute Gasteiger partial charge is 0.378 e. The summed E-state index contributed by atoms with van der Waals surface area (Å²) in [5.74, 6) is 1.83. The first-order valence-corrected chi connectivity index (χ1v) is 10.2. The maximum atomic E-state index is 6.02. The predicted octanol–water partition coefficient (Wildman–Crippen LogP) is 3.20. The Morgan fingerprint density at radius 1 is 1.27 bits per heavy atom. The summed E-state index contributed by atoms with van der Waals surface area (Å²) in [5.41, 5.74) is 2.51. The predicted molar refractivity (Wildman–Crippen MR) is 103 cm³/mol. The van der Waals surface area contributed by atoms with Crippen LogP contribution in [-0.4, -0.2) is 36.9 Å². The maximum Gasteiger partial charge on any atom is 0.191 e. The quantitative estimate of drug-likeness (QED) is 0.576. The van der Waals surface area contributed by atoms with Crippen molar-refractivity contribution in [2.45, 2.75) is 84.4 Å². The number of rotatable bonds is 7. The van der Waals surface area contributed by atoms with Crippen LogP contribution >= 0.6 is 0 Å². The molecule has 0 aromatic carbocycles. The summed E-state index contributed by atoms with van der Waals surface area (Å²) in [7, 11) is 1.84. The normalized spacial score (nSPS) is 24.7. The van der Waals surface area contributed by atoms with Crippen LogP contribution in [0.3, 0.4) is 0 Å². The van der Waals surface area contributed by atoms with E-state index in [2.05, 4.69) is 41.6 Å². The SMILES string of the molecule is CCOC1CC(NC(=NC)NCc2c(CC)noc2CC)C12CCCC2. The Balaban J connectivity index is 1.61. The Kier molecular flexibility index (Phi) is 6.22. The minimum absolute atomic E-state index is 0.300. The number of ether oxygens (including phenoxy) is 1. The lowest BCUT2D eigenvalue weighted by Gasteiger charge is -2.54. The standard InChI is InChI=1S/C20H34N4O2/c1-5-15-14(16(6-2)26-24-15)13-22-19(21-4)23-17-12-18(25-7-3)20(17)10-8-9-11-20/h17-18H,5-13H2,1-4H3,(H2,21,22,23). The molecule has 6 nitrogen and oxygen atoms in total. The van der Waals surface area contributed by atoms with Gasteiger partial charge in [-0.05, 0) is 32.6 Å². The second kappa shape index (κ2) is 8.42. The third-order valence-corrected chi connectivity index (χ3v) is 6.26. The molecule has 2 N–H and O–H groups in total. The zero-order valence-electron chi connectivity index (χ0n) is 16.7. The van der Waals surface area contributed by atoms with Crippen LogP contribution in [0.25, 0.3) is 0 Å². The second-order valence-electron chi connectivity index (χ2n) is 7.48. The molecule has 2 saturated carbocycles. The van der Waals surface area contributed by atoms with E-state index in [9.17, 15) is 0 Å². The summed E-state index contributed by atoms with van der Waals surface area (Å²) in [5, 5.41) is 11.3. The molecule has 1 heterocycles. The Bertz CT molecular complexity index is 598. The van der Waals surface area contributed by atoms with E-state index >= 15 is 0 Å². The topological polar surface area (TPSA) is 71.7 Å². The first-order valence-electron chi connectivity index (χ1n) is 10.2. The van der Waals surface area contributed by atoms with Gasteiger partial charge in [-0.1, -0.05) is 31.8 Å². The number of nitrogens with zero attached hydrogens (tertiary/aromatic N) is 2. The van der Waals surface area contributed by atoms with E-state index in [0.717, 1.165) is 43.3 Å². The first-order chi connectivity index (χ1) is 12.7. The van der Waals surface area contributed by atoms with Crippen LogP contribution in [0.2, 0.25) is 0 Å². The van der Waals surface area contributed by atoms with Gasteiger partial charge in [-0.15, -0.1) is 0 Å². The van der Waals surface area contributed by atoms with Crippen molar-refractivity contribution in [1.29, 1.82) is 0 Å². The number of aromatic nitrogens is 1. The lowest BCUT2D eigenvalue weighted by Crippen LogP contribution is -2.65. The van der Waals surface area contributed by atoms with Gasteiger partial charge in [0.05, 0.1) is 11.8 Å². The Labute approximate surface area is 157 Å². The smallest absolute Gasteiger partial charge is 0.191 e. The van der Waals surface area contributed by atoms with Crippen LogP contribution in [0.15, 0.2) is 9.52 Å². The van der Waals surface area contributed by atoms with Crippen LogP contribution < -0.4 is 10.6 Å². The van der Waals surface area contributed by atoms with Gasteiger partial charge in [-0.2, -0.15) is 0 Å². The molecule has 2 unspecified atom stereocenters. The summed E-state index contributed by atoms with van der Waals surface area (Å²) >= 11 is 0. The van der Waals surface area contributed by atoms with Crippen molar-refractivity contribution in [3.63, 3.8) is 0 Å². The highest BCUT2D eigenvalue weighted by Gasteiger charge is 2.56. The van der Waals surface area contributed by atoms with Gasteiger partial charge in [0.25, 0.3) is 0 Å². The number of guanidine groups is 1. The highest BCUT2D eigenvalue weighted by Crippen LogP contribution is 2.54. The summed E-state index contributed by atoms with van der Waals surface area (Å²) in [6.45, 7) is 7.81. The first kappa shape index (κ1) is 19.2. The molecular weight excluding hydrogens is 328 g/mol. The molecule has 0 saturated heterocycles. The third kappa shape index (κ3) is 3.48. The van der Waals surface area contributed by atoms with E-state index < -0.39 is 0 Å². The van der Waals surface area contributed by atoms with Crippen LogP contribution in [0, 0.1) is 5.41 Å². The molecule has 3 rings (SSSR count). The van der Waals surface area contributed by atoms with E-state index in [1.54, 1.807) is 0 Å². The van der Waals surface area contributed by atoms with Crippen molar-refractivity contribution < 1.29 is 9.26 Å². The highest BCUT2D eigenvalue weighted by molar-refractivity contribution is 5.80. The molecule has 0 aliphatic heterocycles. The molecule has 2 fully saturated rings. The minimum Gasteiger partial charge on any atom is -0.378 e. The van der Waals surface area contributed by atoms with Crippen LogP contribution in [0.4, 0.5) is 0 Å². The van der Waals surface area contributed by atoms with Gasteiger partial charge in [-0.25, -0.2) is 0 Å². The number of aliphatic imine (C=N–C) groups is 1. The van der Waals surface area contributed by atoms with Gasteiger partial charge in [0, 0.05) is 43.6 Å². The minimum atomic E-state index is 0.300. The molecule has 1 aromatic rings. The molecule has 146 valence electrons. The van der Waals surface area contributed by atoms with Gasteiger partial charge in [0.1, 0.15) is 5.76 Å². The van der Waals surface area contributed by atoms with Crippen molar-refractivity contribution in [3.8, 4) is 0 Å². The zero-order chi connectivity index (χ0) is 18.6. The summed E-state index contributed by atoms with van der Waals surface area (Å²) in [4.78, 5) is 4.45. The van der Waals surface area contributed by atoms with E-state index in [4.69, 9.17) is 9.26 Å². The molecular formula is C20H34N4O2. The average Bonchev–Trinajstić information content (AvgIpc) is 3.31. The Hall–Kier alpha value is -1.56. The monoisotopic (exact) mass is 362 g/mol. The Morgan fingerprint density at radius 2 is 2.04 bits per heavy atom. The van der Waals surface area contributed by atoms with Crippen molar-refractivity contribution in [2.75, 3.05) is 13.7 Å². The number of hydrogen-bond donors (Lipinski definition) is 2. The van der Waals surface area contributed by atoms with Gasteiger partial charge in [0.15, 0.2) is 5.96 Å². The van der Waals surface area contributed by atoms with Crippen LogP contribution in [-0.2, 0) is 24.1 Å². The fourth-order valence-electron chi connectivity index (χ4n) is 4.76. The fraction of sp³-hybridized carbons (Fsp3) is 0.800. The lowest BCUT2D eigenvalue weighted by atomic mass is 9.60. The molecule has 0 amide bonds. The number of nitrogens with one attached hydrogen (secondary N) is 2. The summed E-state index contributed by atoms with van der Waals surface area (Å²) < 4.78 is 11.5. The average molecular weight is 363 g/mol. The third-order valence-electron chi connectivity index (χ3n) is 6.26. The molecule has 0 bridgehead atoms. The second-order valence-corrected chi connectivity index (χ2v) is 7.48. The summed E-state index contributed by atoms with van der Waals surface area (Å²) in [6.07, 6.45) is 8.37. The fourth-order valence-corrected chi connectivity index (χ4v) is 4.76. The molecule has 2 aliphatic carbocycles. The molecule has 1 aromatic heterocycles. The van der Waals surface area contributed by atoms with Crippen LogP contribution in [0.1, 0.15) is 69.9 Å². The van der Waals surface area contributed by atoms with E-state index in [1.165, 1.54) is 31.2 Å². The van der Waals surface area contributed by atoms with Crippen LogP contribution in [0.5, 0.6) is 0 Å². The van der Waals surface area contributed by atoms with E-state index in [0.29, 0.717) is 24.1 Å². The molecule has 26 heavy (non-hydrogen) atoms. The van der Waals surface area contributed by atoms with Crippen molar-refractivity contribution in [2.24, 2.45) is 10.4 Å². The van der Waals surface area contributed by atoms with Gasteiger partial charge in [0.2, 0.25) is 0 Å². The number of hydrogen-bond acceptors (Lipinski definition) is 4. The van der Waals surface area contributed by atoms with E-state index in [-0.39, 0.29) is 0 Å². The van der Waals surface area contributed by atoms with Gasteiger partial charge < -0.3 is 19.9 Å². The van der Waals surface area contributed by atoms with Crippen molar-refractivity contribution in [1.82, 2.24) is 15.8 Å². The van der Waals surface area contributed by atoms with Gasteiger partial charge in [-0.3, -0.25) is 4.99 Å². The highest BCUT2D eigenvalue weighted by atomic mass is 16.5. The molecule has 2 aliphatic rings. The summed E-state index contributed by atoms with van der Waals surface area (Å²) in [6, 6.07) is 0.450. The molecule has 2 atom stereocenters. The molecule has 0 radical (unpaired) electrons. The number of aryl methyl sites for hydroxylation is 2. The molecule has 1 spiro atoms. The van der Waals surface area contributed by atoms with Crippen molar-refractivity contribution >= 4 is 5.96 Å². The van der Waals surface area contributed by atoms with Crippen molar-refractivity contribution in [3.05, 3.63) is 17.0 Å². The maximum absolute atomic E-state index is 6.02. The van der Waals surface area contributed by atoms with E-state index in [1.807, 2.05) is 7.05 Å². The zero-order valence-corrected chi connectivity index (χ0v) is 16.7. The Morgan fingerprint density at radius 3 is 2.65 bits per heavy atom. The van der Waals surface area contributed by atoms with Gasteiger partial charge >= 0.3 is 0 Å². The molecule has 6 heteroatoms.